The number of carbonyl (C=O) groups is 3. The first-order valence-electron chi connectivity index (χ1n) is 25.7. The van der Waals surface area contributed by atoms with Crippen molar-refractivity contribution in [3.8, 4) is 0 Å². The van der Waals surface area contributed by atoms with Crippen LogP contribution in [0.2, 0.25) is 0 Å². The average molecular weight is 819 g/mol. The van der Waals surface area contributed by atoms with Crippen LogP contribution in [0.1, 0.15) is 284 Å². The highest BCUT2D eigenvalue weighted by atomic mass is 16.6. The van der Waals surface area contributed by atoms with Crippen LogP contribution in [0, 0.1) is 0 Å². The highest BCUT2D eigenvalue weighted by Crippen LogP contribution is 2.16. The first kappa shape index (κ1) is 56.1. The number of esters is 3. The Morgan fingerprint density at radius 3 is 0.862 bits per heavy atom. The van der Waals surface area contributed by atoms with E-state index in [1.807, 2.05) is 0 Å². The first-order valence-corrected chi connectivity index (χ1v) is 25.7. The number of rotatable bonds is 47. The molecule has 0 spiro atoms. The molecule has 6 nitrogen and oxygen atoms in total. The molecular formula is C52H98O6. The summed E-state index contributed by atoms with van der Waals surface area (Å²) in [6.45, 7) is 6.58. The predicted molar refractivity (Wildman–Crippen MR) is 247 cm³/mol. The third kappa shape index (κ3) is 45.2. The molecule has 0 rings (SSSR count). The highest BCUT2D eigenvalue weighted by Gasteiger charge is 2.19. The summed E-state index contributed by atoms with van der Waals surface area (Å²) in [6, 6.07) is 0. The fourth-order valence-electron chi connectivity index (χ4n) is 7.61. The smallest absolute Gasteiger partial charge is 0.306 e. The lowest BCUT2D eigenvalue weighted by molar-refractivity contribution is -0.167. The lowest BCUT2D eigenvalue weighted by atomic mass is 10.0. The summed E-state index contributed by atoms with van der Waals surface area (Å²) in [5, 5.41) is 0. The minimum Gasteiger partial charge on any atom is -0.462 e. The van der Waals surface area contributed by atoms with Gasteiger partial charge >= 0.3 is 17.9 Å². The van der Waals surface area contributed by atoms with Crippen LogP contribution in [-0.2, 0) is 28.6 Å². The van der Waals surface area contributed by atoms with Gasteiger partial charge in [0.05, 0.1) is 0 Å². The standard InChI is InChI=1S/C52H98O6/c1-4-7-10-13-15-17-19-21-23-24-25-26-27-29-30-32-34-36-39-42-45-51(54)57-48-49(47-56-50(53)44-41-38-12-9-6-3)58-52(55)46-43-40-37-35-33-31-28-22-20-18-16-14-11-8-5-2/h22,28,49H,4-21,23-27,29-48H2,1-3H3/b28-22-. The molecule has 0 fully saturated rings. The summed E-state index contributed by atoms with van der Waals surface area (Å²) in [6.07, 6.45) is 52.4. The summed E-state index contributed by atoms with van der Waals surface area (Å²) in [7, 11) is 0. The molecule has 0 saturated carbocycles. The van der Waals surface area contributed by atoms with Gasteiger partial charge in [-0.3, -0.25) is 14.4 Å². The summed E-state index contributed by atoms with van der Waals surface area (Å²) < 4.78 is 16.7. The van der Waals surface area contributed by atoms with Crippen LogP contribution in [0.4, 0.5) is 0 Å². The normalized spacial score (nSPS) is 12.0. The van der Waals surface area contributed by atoms with Gasteiger partial charge in [-0.1, -0.05) is 232 Å². The Bertz CT molecular complexity index is 900. The minimum absolute atomic E-state index is 0.0695. The Hall–Kier alpha value is -1.85. The quantitative estimate of drug-likeness (QED) is 0.0263. The van der Waals surface area contributed by atoms with Crippen LogP contribution in [0.15, 0.2) is 12.2 Å². The molecule has 0 saturated heterocycles. The Morgan fingerprint density at radius 1 is 0.328 bits per heavy atom. The van der Waals surface area contributed by atoms with Gasteiger partial charge in [0.25, 0.3) is 0 Å². The van der Waals surface area contributed by atoms with Gasteiger partial charge in [0.1, 0.15) is 13.2 Å². The molecule has 0 aromatic heterocycles. The lowest BCUT2D eigenvalue weighted by Gasteiger charge is -2.18. The van der Waals surface area contributed by atoms with Gasteiger partial charge in [0, 0.05) is 19.3 Å². The molecular weight excluding hydrogens is 721 g/mol. The molecule has 1 unspecified atom stereocenters. The van der Waals surface area contributed by atoms with Crippen molar-refractivity contribution in [2.75, 3.05) is 13.2 Å². The number of unbranched alkanes of at least 4 members (excludes halogenated alkanes) is 34. The van der Waals surface area contributed by atoms with Crippen molar-refractivity contribution in [3.63, 3.8) is 0 Å². The van der Waals surface area contributed by atoms with Crippen molar-refractivity contribution >= 4 is 17.9 Å². The molecule has 0 N–H and O–H groups in total. The largest absolute Gasteiger partial charge is 0.462 e. The number of ether oxygens (including phenoxy) is 3. The maximum atomic E-state index is 12.7. The SMILES string of the molecule is CCCCCCCC/C=C\CCCCCCCC(=O)OC(COC(=O)CCCCCCC)COC(=O)CCCCCCCCCCCCCCCCCCCCCC. The summed E-state index contributed by atoms with van der Waals surface area (Å²) in [5.41, 5.74) is 0. The van der Waals surface area contributed by atoms with Gasteiger partial charge in [-0.2, -0.15) is 0 Å². The molecule has 0 aliphatic rings. The summed E-state index contributed by atoms with van der Waals surface area (Å²) >= 11 is 0. The molecule has 6 heteroatoms. The lowest BCUT2D eigenvalue weighted by Crippen LogP contribution is -2.30. The Kier molecular flexibility index (Phi) is 46.3. The van der Waals surface area contributed by atoms with E-state index in [1.54, 1.807) is 0 Å². The average Bonchev–Trinajstić information content (AvgIpc) is 3.22. The molecule has 0 amide bonds. The van der Waals surface area contributed by atoms with Gasteiger partial charge in [-0.15, -0.1) is 0 Å². The molecule has 0 aliphatic heterocycles. The second-order valence-corrected chi connectivity index (χ2v) is 17.4. The third-order valence-corrected chi connectivity index (χ3v) is 11.5. The van der Waals surface area contributed by atoms with Crippen LogP contribution < -0.4 is 0 Å². The van der Waals surface area contributed by atoms with Crippen LogP contribution in [0.5, 0.6) is 0 Å². The van der Waals surface area contributed by atoms with Crippen molar-refractivity contribution in [1.82, 2.24) is 0 Å². The Morgan fingerprint density at radius 2 is 0.569 bits per heavy atom. The van der Waals surface area contributed by atoms with E-state index >= 15 is 0 Å². The van der Waals surface area contributed by atoms with Gasteiger partial charge in [0.2, 0.25) is 0 Å². The molecule has 0 aromatic rings. The van der Waals surface area contributed by atoms with Crippen molar-refractivity contribution in [1.29, 1.82) is 0 Å². The molecule has 0 aromatic carbocycles. The number of allylic oxidation sites excluding steroid dienone is 2. The van der Waals surface area contributed by atoms with Crippen LogP contribution in [-0.4, -0.2) is 37.2 Å². The predicted octanol–water partition coefficient (Wildman–Crippen LogP) is 16.6. The Labute approximate surface area is 360 Å². The van der Waals surface area contributed by atoms with Crippen LogP contribution >= 0.6 is 0 Å². The minimum atomic E-state index is -0.765. The number of hydrogen-bond donors (Lipinski definition) is 0. The number of hydrogen-bond acceptors (Lipinski definition) is 6. The zero-order chi connectivity index (χ0) is 42.3. The second kappa shape index (κ2) is 47.8. The van der Waals surface area contributed by atoms with E-state index in [0.29, 0.717) is 19.3 Å². The molecule has 0 aliphatic carbocycles. The van der Waals surface area contributed by atoms with Gasteiger partial charge in [-0.25, -0.2) is 0 Å². The zero-order valence-corrected chi connectivity index (χ0v) is 39.1. The third-order valence-electron chi connectivity index (χ3n) is 11.5. The Balaban J connectivity index is 4.10. The maximum Gasteiger partial charge on any atom is 0.306 e. The maximum absolute atomic E-state index is 12.7. The van der Waals surface area contributed by atoms with Crippen LogP contribution in [0.25, 0.3) is 0 Å². The molecule has 58 heavy (non-hydrogen) atoms. The first-order chi connectivity index (χ1) is 28.5. The van der Waals surface area contributed by atoms with Gasteiger partial charge in [-0.05, 0) is 44.9 Å². The van der Waals surface area contributed by atoms with Gasteiger partial charge in [0.15, 0.2) is 6.10 Å². The molecule has 0 radical (unpaired) electrons. The van der Waals surface area contributed by atoms with E-state index in [1.165, 1.54) is 173 Å². The second-order valence-electron chi connectivity index (χ2n) is 17.4. The van der Waals surface area contributed by atoms with Crippen molar-refractivity contribution in [2.45, 2.75) is 290 Å². The fourth-order valence-corrected chi connectivity index (χ4v) is 7.61. The van der Waals surface area contributed by atoms with Crippen molar-refractivity contribution in [2.24, 2.45) is 0 Å². The zero-order valence-electron chi connectivity index (χ0n) is 39.1. The van der Waals surface area contributed by atoms with Crippen molar-refractivity contribution < 1.29 is 28.6 Å². The van der Waals surface area contributed by atoms with Crippen molar-refractivity contribution in [3.05, 3.63) is 12.2 Å². The van der Waals surface area contributed by atoms with E-state index < -0.39 is 6.10 Å². The summed E-state index contributed by atoms with van der Waals surface area (Å²) in [4.78, 5) is 37.6. The molecule has 342 valence electrons. The van der Waals surface area contributed by atoms with Crippen LogP contribution in [0.3, 0.4) is 0 Å². The molecule has 0 heterocycles. The topological polar surface area (TPSA) is 78.9 Å². The molecule has 0 bridgehead atoms. The highest BCUT2D eigenvalue weighted by molar-refractivity contribution is 5.71. The van der Waals surface area contributed by atoms with E-state index in [9.17, 15) is 14.4 Å². The fraction of sp³-hybridized carbons (Fsp3) is 0.904. The molecule has 1 atom stereocenters. The monoisotopic (exact) mass is 819 g/mol. The van der Waals surface area contributed by atoms with E-state index in [-0.39, 0.29) is 31.1 Å². The van der Waals surface area contributed by atoms with Gasteiger partial charge < -0.3 is 14.2 Å². The van der Waals surface area contributed by atoms with E-state index in [2.05, 4.69) is 32.9 Å². The number of carbonyl (C=O) groups excluding carboxylic acids is 3. The van der Waals surface area contributed by atoms with E-state index in [0.717, 1.165) is 70.6 Å². The van der Waals surface area contributed by atoms with E-state index in [4.69, 9.17) is 14.2 Å². The summed E-state index contributed by atoms with van der Waals surface area (Å²) in [5.74, 6) is -0.878.